The molecule has 1 rings (SSSR count). The smallest absolute Gasteiger partial charge is 0.465 e. The third-order valence-corrected chi connectivity index (χ3v) is 3.88. The predicted octanol–water partition coefficient (Wildman–Crippen LogP) is 4.01. The van der Waals surface area contributed by atoms with Crippen LogP contribution in [0.25, 0.3) is 0 Å². The predicted molar refractivity (Wildman–Crippen MR) is 90.9 cm³/mol. The van der Waals surface area contributed by atoms with E-state index in [9.17, 15) is 58.3 Å². The third-order valence-electron chi connectivity index (χ3n) is 3.88. The lowest BCUT2D eigenvalue weighted by molar-refractivity contribution is -0.282. The molecule has 0 aliphatic carbocycles. The van der Waals surface area contributed by atoms with Gasteiger partial charge in [-0.3, -0.25) is 0 Å². The third kappa shape index (κ3) is 6.88. The van der Waals surface area contributed by atoms with E-state index < -0.39 is 72.7 Å². The summed E-state index contributed by atoms with van der Waals surface area (Å²) in [6.07, 6.45) is -16.0. The number of ether oxygens (including phenoxy) is 4. The molecule has 0 saturated carbocycles. The fourth-order valence-electron chi connectivity index (χ4n) is 2.14. The van der Waals surface area contributed by atoms with E-state index in [4.69, 9.17) is 0 Å². The van der Waals surface area contributed by atoms with Gasteiger partial charge in [-0.1, -0.05) is 6.07 Å². The number of carbonyl (C=O) groups excluding carboxylic acids is 3. The van der Waals surface area contributed by atoms with Gasteiger partial charge in [-0.25, -0.2) is 14.4 Å². The molecular weight excluding hydrogens is 518 g/mol. The number of carbonyl (C=O) groups is 3. The molecule has 1 aromatic carbocycles. The Labute approximate surface area is 188 Å². The Morgan fingerprint density at radius 1 is 0.829 bits per heavy atom. The molecule has 7 nitrogen and oxygen atoms in total. The van der Waals surface area contributed by atoms with E-state index in [2.05, 4.69) is 18.9 Å². The summed E-state index contributed by atoms with van der Waals surface area (Å²) >= 11 is 0. The molecule has 17 heteroatoms. The highest BCUT2D eigenvalue weighted by Crippen LogP contribution is 2.39. The molecule has 35 heavy (non-hydrogen) atoms. The maximum absolute atomic E-state index is 13.2. The van der Waals surface area contributed by atoms with Gasteiger partial charge in [-0.2, -0.15) is 43.9 Å². The summed E-state index contributed by atoms with van der Waals surface area (Å²) in [6, 6.07) is 2.10. The van der Waals surface area contributed by atoms with Gasteiger partial charge in [0.05, 0.1) is 13.7 Å². The zero-order valence-electron chi connectivity index (χ0n) is 17.4. The lowest BCUT2D eigenvalue weighted by Gasteiger charge is -2.22. The van der Waals surface area contributed by atoms with Crippen LogP contribution in [-0.2, 0) is 30.3 Å². The van der Waals surface area contributed by atoms with Gasteiger partial charge in [0.15, 0.2) is 11.5 Å². The zero-order chi connectivity index (χ0) is 27.4. The fraction of sp³-hybridized carbons (Fsp3) is 0.500. The standard InChI is InChI=1S/C18H14F10O7/c1-3-33-12(29)11(35-14(31)16(21,22)18(26,27)28)7-8-4-5-9(10(6-8)32-2)34-13(30)15(19,20)17(23,24)25/h4-6,11H,3,7H2,1-2H3. The molecule has 1 atom stereocenters. The van der Waals surface area contributed by atoms with E-state index in [1.54, 1.807) is 0 Å². The van der Waals surface area contributed by atoms with Crippen molar-refractivity contribution in [3.8, 4) is 11.5 Å². The van der Waals surface area contributed by atoms with Crippen molar-refractivity contribution in [2.24, 2.45) is 0 Å². The summed E-state index contributed by atoms with van der Waals surface area (Å²) in [4.78, 5) is 34.5. The summed E-state index contributed by atoms with van der Waals surface area (Å²) in [6.45, 7) is 0.818. The highest BCUT2D eigenvalue weighted by atomic mass is 19.4. The van der Waals surface area contributed by atoms with Gasteiger partial charge < -0.3 is 18.9 Å². The second kappa shape index (κ2) is 10.6. The largest absolute Gasteiger partial charge is 0.493 e. The minimum atomic E-state index is -6.35. The van der Waals surface area contributed by atoms with Crippen LogP contribution in [0.2, 0.25) is 0 Å². The van der Waals surface area contributed by atoms with Gasteiger partial charge >= 0.3 is 42.1 Å². The summed E-state index contributed by atoms with van der Waals surface area (Å²) < 4.78 is 144. The van der Waals surface area contributed by atoms with Crippen LogP contribution in [0.1, 0.15) is 12.5 Å². The molecule has 1 aromatic rings. The van der Waals surface area contributed by atoms with Crippen LogP contribution in [0.3, 0.4) is 0 Å². The first-order chi connectivity index (χ1) is 15.8. The molecule has 0 aliphatic heterocycles. The van der Waals surface area contributed by atoms with Crippen LogP contribution in [0.5, 0.6) is 11.5 Å². The summed E-state index contributed by atoms with van der Waals surface area (Å²) in [5.41, 5.74) is -0.273. The van der Waals surface area contributed by atoms with Crippen LogP contribution in [0.15, 0.2) is 18.2 Å². The SMILES string of the molecule is CCOC(=O)C(Cc1ccc(OC(=O)C(F)(F)C(F)(F)F)c(OC)c1)OC(=O)C(F)(F)C(F)(F)F. The van der Waals surface area contributed by atoms with Crippen molar-refractivity contribution in [1.29, 1.82) is 0 Å². The average Bonchev–Trinajstić information content (AvgIpc) is 2.72. The van der Waals surface area contributed by atoms with Crippen LogP contribution in [-0.4, -0.2) is 61.9 Å². The van der Waals surface area contributed by atoms with E-state index in [1.165, 1.54) is 6.92 Å². The molecule has 0 radical (unpaired) electrons. The lowest BCUT2D eigenvalue weighted by Crippen LogP contribution is -2.47. The molecule has 0 bridgehead atoms. The van der Waals surface area contributed by atoms with Gasteiger partial charge in [0.25, 0.3) is 0 Å². The van der Waals surface area contributed by atoms with Crippen LogP contribution in [0.4, 0.5) is 43.9 Å². The molecule has 0 amide bonds. The fourth-order valence-corrected chi connectivity index (χ4v) is 2.14. The number of alkyl halides is 10. The van der Waals surface area contributed by atoms with Crippen molar-refractivity contribution >= 4 is 17.9 Å². The van der Waals surface area contributed by atoms with E-state index in [0.717, 1.165) is 19.2 Å². The van der Waals surface area contributed by atoms with Gasteiger partial charge in [0, 0.05) is 6.42 Å². The number of hydrogen-bond donors (Lipinski definition) is 0. The Morgan fingerprint density at radius 3 is 1.80 bits per heavy atom. The van der Waals surface area contributed by atoms with Crippen LogP contribution in [0, 0.1) is 0 Å². The van der Waals surface area contributed by atoms with Gasteiger partial charge in [-0.05, 0) is 24.6 Å². The number of methoxy groups -OCH3 is 1. The zero-order valence-corrected chi connectivity index (χ0v) is 17.4. The van der Waals surface area contributed by atoms with Crippen molar-refractivity contribution in [2.45, 2.75) is 43.6 Å². The molecule has 0 aromatic heterocycles. The molecule has 0 saturated heterocycles. The highest BCUT2D eigenvalue weighted by Gasteiger charge is 2.66. The summed E-state index contributed by atoms with van der Waals surface area (Å²) in [5.74, 6) is -21.3. The number of esters is 3. The maximum Gasteiger partial charge on any atom is 0.465 e. The molecule has 0 fully saturated rings. The van der Waals surface area contributed by atoms with E-state index in [-0.39, 0.29) is 5.56 Å². The number of benzene rings is 1. The first-order valence-electron chi connectivity index (χ1n) is 8.95. The van der Waals surface area contributed by atoms with E-state index in [1.807, 2.05) is 0 Å². The molecule has 198 valence electrons. The highest BCUT2D eigenvalue weighted by molar-refractivity contribution is 5.84. The number of halogens is 10. The van der Waals surface area contributed by atoms with Crippen molar-refractivity contribution in [1.82, 2.24) is 0 Å². The Balaban J connectivity index is 3.21. The van der Waals surface area contributed by atoms with E-state index >= 15 is 0 Å². The van der Waals surface area contributed by atoms with Crippen LogP contribution >= 0.6 is 0 Å². The van der Waals surface area contributed by atoms with Crippen molar-refractivity contribution in [2.75, 3.05) is 13.7 Å². The first kappa shape index (κ1) is 29.8. The summed E-state index contributed by atoms with van der Waals surface area (Å²) in [7, 11) is 0.838. The average molecular weight is 532 g/mol. The maximum atomic E-state index is 13.2. The molecule has 0 N–H and O–H groups in total. The normalized spacial score (nSPS) is 13.6. The van der Waals surface area contributed by atoms with Crippen LogP contribution < -0.4 is 9.47 Å². The minimum absolute atomic E-state index is 0.273. The molecule has 0 spiro atoms. The Kier molecular flexibility index (Phi) is 8.97. The van der Waals surface area contributed by atoms with Gasteiger partial charge in [-0.15, -0.1) is 0 Å². The minimum Gasteiger partial charge on any atom is -0.493 e. The van der Waals surface area contributed by atoms with E-state index in [0.29, 0.717) is 6.07 Å². The summed E-state index contributed by atoms with van der Waals surface area (Å²) in [5, 5.41) is 0. The van der Waals surface area contributed by atoms with Crippen molar-refractivity contribution in [3.63, 3.8) is 0 Å². The van der Waals surface area contributed by atoms with Crippen molar-refractivity contribution < 1.29 is 77.2 Å². The lowest BCUT2D eigenvalue weighted by atomic mass is 10.1. The van der Waals surface area contributed by atoms with Gasteiger partial charge in [0.1, 0.15) is 0 Å². The van der Waals surface area contributed by atoms with Crippen molar-refractivity contribution in [3.05, 3.63) is 23.8 Å². The Bertz CT molecular complexity index is 941. The quantitative estimate of drug-likeness (QED) is 0.270. The molecule has 0 aliphatic rings. The topological polar surface area (TPSA) is 88.1 Å². The Morgan fingerprint density at radius 2 is 1.34 bits per heavy atom. The second-order valence-corrected chi connectivity index (χ2v) is 6.37. The van der Waals surface area contributed by atoms with Gasteiger partial charge in [0.2, 0.25) is 6.10 Å². The molecular formula is C18H14F10O7. The molecule has 1 unspecified atom stereocenters. The molecule has 0 heterocycles. The monoisotopic (exact) mass is 532 g/mol. The second-order valence-electron chi connectivity index (χ2n) is 6.37. The first-order valence-corrected chi connectivity index (χ1v) is 8.95. The number of hydrogen-bond acceptors (Lipinski definition) is 7. The number of rotatable bonds is 9. The Hall–Kier alpha value is -3.27.